The number of hydrogen-bond acceptors (Lipinski definition) is 6. The Bertz CT molecular complexity index is 1180. The predicted molar refractivity (Wildman–Crippen MR) is 130 cm³/mol. The zero-order valence-electron chi connectivity index (χ0n) is 20.4. The topological polar surface area (TPSA) is 115 Å². The molecule has 0 bridgehead atoms. The van der Waals surface area contributed by atoms with Gasteiger partial charge in [0.1, 0.15) is 16.9 Å². The molecule has 0 spiro atoms. The number of ether oxygens (including phenoxy) is 1. The lowest BCUT2D eigenvalue weighted by molar-refractivity contribution is -0.120. The lowest BCUT2D eigenvalue weighted by atomic mass is 10.1. The third-order valence-electron chi connectivity index (χ3n) is 5.37. The minimum Gasteiger partial charge on any atom is -0.444 e. The molecule has 2 heterocycles. The molecule has 2 amide bonds. The number of benzene rings is 1. The SMILES string of the molecule is CCN(Cc1nc2c(N)nc3cc(C)ccc3c2n1CCCC(=O)NC)C(=O)OC(C)(C)C. The molecule has 0 saturated carbocycles. The Hall–Kier alpha value is -3.36. The van der Waals surface area contributed by atoms with E-state index in [2.05, 4.69) is 14.9 Å². The molecule has 178 valence electrons. The summed E-state index contributed by atoms with van der Waals surface area (Å²) in [7, 11) is 1.63. The fourth-order valence-electron chi connectivity index (χ4n) is 3.75. The number of amides is 2. The van der Waals surface area contributed by atoms with E-state index in [0.29, 0.717) is 43.1 Å². The molecular weight excluding hydrogens is 420 g/mol. The first kappa shape index (κ1) is 24.3. The highest BCUT2D eigenvalue weighted by Gasteiger charge is 2.24. The zero-order chi connectivity index (χ0) is 24.3. The number of carbonyl (C=O) groups is 2. The number of nitrogens with two attached hydrogens (primary N) is 1. The summed E-state index contributed by atoms with van der Waals surface area (Å²) >= 11 is 0. The van der Waals surface area contributed by atoms with Crippen molar-refractivity contribution in [3.8, 4) is 0 Å². The van der Waals surface area contributed by atoms with Gasteiger partial charge in [-0.1, -0.05) is 12.1 Å². The maximum atomic E-state index is 12.8. The first-order valence-electron chi connectivity index (χ1n) is 11.3. The molecule has 3 aromatic rings. The largest absolute Gasteiger partial charge is 0.444 e. The van der Waals surface area contributed by atoms with Gasteiger partial charge in [-0.3, -0.25) is 4.79 Å². The van der Waals surface area contributed by atoms with Gasteiger partial charge in [-0.2, -0.15) is 0 Å². The number of fused-ring (bicyclic) bond motifs is 3. The van der Waals surface area contributed by atoms with E-state index in [0.717, 1.165) is 22.0 Å². The Labute approximate surface area is 194 Å². The number of anilines is 1. The lowest BCUT2D eigenvalue weighted by Crippen LogP contribution is -2.37. The van der Waals surface area contributed by atoms with Crippen molar-refractivity contribution in [3.05, 3.63) is 29.6 Å². The van der Waals surface area contributed by atoms with Crippen molar-refractivity contribution in [1.29, 1.82) is 0 Å². The third-order valence-corrected chi connectivity index (χ3v) is 5.37. The first-order chi connectivity index (χ1) is 15.5. The second kappa shape index (κ2) is 9.64. The molecular formula is C24H34N6O3. The van der Waals surface area contributed by atoms with Crippen LogP contribution in [0, 0.1) is 6.92 Å². The van der Waals surface area contributed by atoms with E-state index in [4.69, 9.17) is 15.5 Å². The molecule has 0 aliphatic heterocycles. The second-order valence-electron chi connectivity index (χ2n) is 9.17. The fraction of sp³-hybridized carbons (Fsp3) is 0.500. The van der Waals surface area contributed by atoms with Gasteiger partial charge in [0.25, 0.3) is 0 Å². The van der Waals surface area contributed by atoms with Crippen LogP contribution in [0.4, 0.5) is 10.6 Å². The Balaban J connectivity index is 2.09. The van der Waals surface area contributed by atoms with Crippen molar-refractivity contribution >= 4 is 39.8 Å². The van der Waals surface area contributed by atoms with Gasteiger partial charge in [-0.15, -0.1) is 0 Å². The molecule has 0 radical (unpaired) electrons. The molecule has 3 N–H and O–H groups in total. The van der Waals surface area contributed by atoms with E-state index in [1.807, 2.05) is 52.8 Å². The summed E-state index contributed by atoms with van der Waals surface area (Å²) in [5.74, 6) is 0.998. The van der Waals surface area contributed by atoms with E-state index in [-0.39, 0.29) is 12.5 Å². The summed E-state index contributed by atoms with van der Waals surface area (Å²) in [5, 5.41) is 3.59. The van der Waals surface area contributed by atoms with E-state index >= 15 is 0 Å². The van der Waals surface area contributed by atoms with Gasteiger partial charge in [0.15, 0.2) is 5.82 Å². The summed E-state index contributed by atoms with van der Waals surface area (Å²) in [4.78, 5) is 35.5. The van der Waals surface area contributed by atoms with Gasteiger partial charge in [0.2, 0.25) is 5.91 Å². The van der Waals surface area contributed by atoms with E-state index in [9.17, 15) is 9.59 Å². The van der Waals surface area contributed by atoms with Crippen molar-refractivity contribution < 1.29 is 14.3 Å². The number of aryl methyl sites for hydroxylation is 2. The molecule has 1 aromatic carbocycles. The van der Waals surface area contributed by atoms with Crippen LogP contribution in [-0.2, 0) is 22.6 Å². The summed E-state index contributed by atoms with van der Waals surface area (Å²) < 4.78 is 7.63. The average Bonchev–Trinajstić information content (AvgIpc) is 3.09. The molecule has 0 atom stereocenters. The summed E-state index contributed by atoms with van der Waals surface area (Å²) in [6, 6.07) is 6.04. The molecule has 3 rings (SSSR count). The fourth-order valence-corrected chi connectivity index (χ4v) is 3.75. The average molecular weight is 455 g/mol. The van der Waals surface area contributed by atoms with Gasteiger partial charge in [0.05, 0.1) is 17.6 Å². The minimum atomic E-state index is -0.597. The minimum absolute atomic E-state index is 0.0217. The second-order valence-corrected chi connectivity index (χ2v) is 9.17. The van der Waals surface area contributed by atoms with Crippen molar-refractivity contribution in [2.75, 3.05) is 19.3 Å². The van der Waals surface area contributed by atoms with Crippen LogP contribution in [0.5, 0.6) is 0 Å². The van der Waals surface area contributed by atoms with Gasteiger partial charge >= 0.3 is 6.09 Å². The van der Waals surface area contributed by atoms with Crippen LogP contribution in [0.3, 0.4) is 0 Å². The van der Waals surface area contributed by atoms with Gasteiger partial charge in [-0.25, -0.2) is 14.8 Å². The van der Waals surface area contributed by atoms with Crippen molar-refractivity contribution in [2.24, 2.45) is 0 Å². The van der Waals surface area contributed by atoms with Crippen molar-refractivity contribution in [3.63, 3.8) is 0 Å². The quantitative estimate of drug-likeness (QED) is 0.562. The number of pyridine rings is 1. The molecule has 33 heavy (non-hydrogen) atoms. The van der Waals surface area contributed by atoms with Crippen LogP contribution >= 0.6 is 0 Å². The summed E-state index contributed by atoms with van der Waals surface area (Å²) in [6.45, 7) is 10.7. The molecule has 0 unspecified atom stereocenters. The number of imidazole rings is 1. The number of nitrogens with zero attached hydrogens (tertiary/aromatic N) is 4. The summed E-state index contributed by atoms with van der Waals surface area (Å²) in [6.07, 6.45) is 0.601. The molecule has 9 heteroatoms. The van der Waals surface area contributed by atoms with Gasteiger partial charge in [-0.05, 0) is 52.7 Å². The Morgan fingerprint density at radius 2 is 1.97 bits per heavy atom. The van der Waals surface area contributed by atoms with Gasteiger partial charge < -0.3 is 25.3 Å². The number of nitrogens with one attached hydrogen (secondary N) is 1. The molecule has 0 aliphatic carbocycles. The van der Waals surface area contributed by atoms with Crippen LogP contribution < -0.4 is 11.1 Å². The highest BCUT2D eigenvalue weighted by Crippen LogP contribution is 2.30. The maximum Gasteiger partial charge on any atom is 0.410 e. The number of carbonyl (C=O) groups excluding carboxylic acids is 2. The van der Waals surface area contributed by atoms with E-state index in [1.54, 1.807) is 11.9 Å². The smallest absolute Gasteiger partial charge is 0.410 e. The van der Waals surface area contributed by atoms with Crippen LogP contribution in [0.1, 0.15) is 51.9 Å². The van der Waals surface area contributed by atoms with Gasteiger partial charge in [0, 0.05) is 31.9 Å². The molecule has 0 saturated heterocycles. The molecule has 0 fully saturated rings. The van der Waals surface area contributed by atoms with Crippen molar-refractivity contribution in [1.82, 2.24) is 24.8 Å². The summed E-state index contributed by atoms with van der Waals surface area (Å²) in [5.41, 5.74) is 9.05. The lowest BCUT2D eigenvalue weighted by Gasteiger charge is -2.26. The van der Waals surface area contributed by atoms with E-state index in [1.165, 1.54) is 0 Å². The highest BCUT2D eigenvalue weighted by atomic mass is 16.6. The third kappa shape index (κ3) is 5.53. The number of hydrogen-bond donors (Lipinski definition) is 2. The van der Waals surface area contributed by atoms with Crippen LogP contribution in [0.2, 0.25) is 0 Å². The normalized spacial score (nSPS) is 11.7. The maximum absolute atomic E-state index is 12.8. The van der Waals surface area contributed by atoms with Crippen LogP contribution in [0.15, 0.2) is 18.2 Å². The van der Waals surface area contributed by atoms with Crippen LogP contribution in [0.25, 0.3) is 21.9 Å². The molecule has 0 aliphatic rings. The molecule has 2 aromatic heterocycles. The standard InChI is InChI=1S/C24H34N6O3/c1-7-29(23(32)33-24(3,4)5)14-18-28-20-21(30(18)12-8-9-19(31)26-6)16-11-10-15(2)13-17(16)27-22(20)25/h10-11,13H,7-9,12,14H2,1-6H3,(H2,25,27)(H,26,31). The van der Waals surface area contributed by atoms with Crippen molar-refractivity contribution in [2.45, 2.75) is 66.2 Å². The Kier molecular flexibility index (Phi) is 7.09. The van der Waals surface area contributed by atoms with E-state index < -0.39 is 11.7 Å². The number of aromatic nitrogens is 3. The zero-order valence-corrected chi connectivity index (χ0v) is 20.4. The Morgan fingerprint density at radius 1 is 1.24 bits per heavy atom. The first-order valence-corrected chi connectivity index (χ1v) is 11.3. The molecule has 9 nitrogen and oxygen atoms in total. The highest BCUT2D eigenvalue weighted by molar-refractivity contribution is 6.06. The number of rotatable bonds is 7. The number of nitrogen functional groups attached to an aromatic ring is 1. The van der Waals surface area contributed by atoms with Crippen LogP contribution in [-0.4, -0.2) is 50.6 Å². The Morgan fingerprint density at radius 3 is 2.61 bits per heavy atom. The predicted octanol–water partition coefficient (Wildman–Crippen LogP) is 3.76. The monoisotopic (exact) mass is 454 g/mol.